The Morgan fingerprint density at radius 2 is 1.24 bits per heavy atom. The minimum Gasteiger partial charge on any atom is -0.411 e. The molecule has 46 heavy (non-hydrogen) atoms. The summed E-state index contributed by atoms with van der Waals surface area (Å²) in [5.41, 5.74) is -0.287. The third-order valence-corrected chi connectivity index (χ3v) is 11.3. The van der Waals surface area contributed by atoms with Gasteiger partial charge >= 0.3 is 28.2 Å². The lowest BCUT2D eigenvalue weighted by molar-refractivity contribution is -0.385. The first-order valence-corrected chi connectivity index (χ1v) is 18.8. The van der Waals surface area contributed by atoms with Gasteiger partial charge in [-0.1, -0.05) is 35.4 Å². The smallest absolute Gasteiger partial charge is 0.381 e. The maximum Gasteiger partial charge on any atom is 0.381 e. The van der Waals surface area contributed by atoms with Crippen molar-refractivity contribution >= 4 is 88.7 Å². The number of ether oxygens (including phenoxy) is 2. The number of rotatable bonds is 18. The Morgan fingerprint density at radius 1 is 0.804 bits per heavy atom. The molecule has 2 unspecified atom stereocenters. The molecule has 2 aromatic rings. The second kappa shape index (κ2) is 19.4. The van der Waals surface area contributed by atoms with Crippen molar-refractivity contribution in [3.8, 4) is 0 Å². The summed E-state index contributed by atoms with van der Waals surface area (Å²) >= 11 is 0. The maximum atomic E-state index is 12.3. The van der Waals surface area contributed by atoms with Crippen LogP contribution in [0.4, 0.5) is 11.4 Å². The van der Waals surface area contributed by atoms with Crippen LogP contribution in [-0.4, -0.2) is 67.1 Å². The van der Waals surface area contributed by atoms with E-state index >= 15 is 0 Å². The zero-order valence-electron chi connectivity index (χ0n) is 24.1. The monoisotopic (exact) mass is 737 g/mol. The van der Waals surface area contributed by atoms with Crippen LogP contribution < -0.4 is 0 Å². The average Bonchev–Trinajstić information content (AvgIpc) is 2.99. The Balaban J connectivity index is 1.73. The number of esters is 3. The van der Waals surface area contributed by atoms with Crippen molar-refractivity contribution in [2.75, 3.05) is 0 Å². The van der Waals surface area contributed by atoms with Crippen LogP contribution in [0.25, 0.3) is 0 Å². The van der Waals surface area contributed by atoms with Crippen molar-refractivity contribution in [2.45, 2.75) is 72.9 Å². The number of carbonyl (C=O) groups excluding carboxylic acids is 3. The van der Waals surface area contributed by atoms with Gasteiger partial charge in [0.15, 0.2) is 0 Å². The number of hydrogen-bond acceptors (Lipinski definition) is 17. The first kappa shape index (κ1) is 38.9. The molecule has 0 spiro atoms. The quantitative estimate of drug-likeness (QED) is 0.0293. The third kappa shape index (κ3) is 16.3. The molecular formula is C24H27N5O12S5. The first-order chi connectivity index (χ1) is 21.6. The largest absolute Gasteiger partial charge is 0.411 e. The van der Waals surface area contributed by atoms with Crippen molar-refractivity contribution in [3.05, 3.63) is 56.9 Å². The second-order valence-corrected chi connectivity index (χ2v) is 15.4. The molecule has 250 valence electrons. The predicted molar refractivity (Wildman–Crippen MR) is 171 cm³/mol. The molecule has 0 aliphatic carbocycles. The summed E-state index contributed by atoms with van der Waals surface area (Å²) in [7, 11) is 0.218. The SMILES string of the molecule is CC(CCC(=O)OC(=O)CC/C(=N/S(=O)(=O)O)OC(=O)CCC(C)SSc1ccc([N+](=O)[O-])cn1)SSc1ccc([N+](=O)[O-])cn1. The van der Waals surface area contributed by atoms with E-state index in [9.17, 15) is 43.0 Å². The normalized spacial score (nSPS) is 13.0. The highest BCUT2D eigenvalue weighted by atomic mass is 33.1. The van der Waals surface area contributed by atoms with Crippen LogP contribution in [0.15, 0.2) is 51.1 Å². The van der Waals surface area contributed by atoms with Gasteiger partial charge < -0.3 is 9.47 Å². The Kier molecular flexibility index (Phi) is 16.4. The lowest BCUT2D eigenvalue weighted by Gasteiger charge is -2.11. The van der Waals surface area contributed by atoms with Crippen molar-refractivity contribution in [1.82, 2.24) is 9.97 Å². The predicted octanol–water partition coefficient (Wildman–Crippen LogP) is 5.41. The van der Waals surface area contributed by atoms with Crippen molar-refractivity contribution in [1.29, 1.82) is 0 Å². The summed E-state index contributed by atoms with van der Waals surface area (Å²) in [6.45, 7) is 3.62. The molecule has 2 rings (SSSR count). The molecule has 17 nitrogen and oxygen atoms in total. The summed E-state index contributed by atoms with van der Waals surface area (Å²) < 4.78 is 44.2. The zero-order chi connectivity index (χ0) is 34.3. The number of carbonyl (C=O) groups is 3. The molecule has 0 radical (unpaired) electrons. The van der Waals surface area contributed by atoms with Crippen LogP contribution in [0.1, 0.15) is 52.4 Å². The van der Waals surface area contributed by atoms with Gasteiger partial charge in [-0.05, 0) is 46.6 Å². The number of aromatic nitrogens is 2. The molecule has 2 heterocycles. The summed E-state index contributed by atoms with van der Waals surface area (Å²) in [5, 5.41) is 22.3. The highest BCUT2D eigenvalue weighted by Crippen LogP contribution is 2.36. The van der Waals surface area contributed by atoms with E-state index in [-0.39, 0.29) is 41.1 Å². The molecule has 0 amide bonds. The summed E-state index contributed by atoms with van der Waals surface area (Å²) in [5.74, 6) is -3.51. The maximum absolute atomic E-state index is 12.3. The number of nitrogens with zero attached hydrogens (tertiary/aromatic N) is 5. The number of hydrogen-bond donors (Lipinski definition) is 1. The average molecular weight is 738 g/mol. The van der Waals surface area contributed by atoms with E-state index < -0.39 is 56.8 Å². The molecule has 0 aromatic carbocycles. The third-order valence-electron chi connectivity index (χ3n) is 5.19. The Morgan fingerprint density at radius 3 is 1.63 bits per heavy atom. The van der Waals surface area contributed by atoms with Gasteiger partial charge in [0.25, 0.3) is 11.4 Å². The van der Waals surface area contributed by atoms with Gasteiger partial charge in [0.2, 0.25) is 5.90 Å². The molecule has 0 saturated heterocycles. The van der Waals surface area contributed by atoms with E-state index in [1.54, 1.807) is 6.92 Å². The van der Waals surface area contributed by atoms with Crippen LogP contribution in [0, 0.1) is 20.2 Å². The molecule has 22 heteroatoms. The van der Waals surface area contributed by atoms with Gasteiger partial charge in [0, 0.05) is 41.9 Å². The van der Waals surface area contributed by atoms with Gasteiger partial charge in [-0.15, -0.1) is 4.40 Å². The van der Waals surface area contributed by atoms with E-state index in [0.717, 1.165) is 12.4 Å². The summed E-state index contributed by atoms with van der Waals surface area (Å²) in [4.78, 5) is 64.8. The van der Waals surface area contributed by atoms with Crippen LogP contribution >= 0.6 is 43.2 Å². The standard InChI is InChI=1S/C24H27N5O12S5/c1-15(42-44-20-8-5-17(13-25-20)28(33)34)3-10-22(30)40-19(27-46(37,38)39)7-12-24(32)41-23(31)11-4-16(2)43-45-21-9-6-18(14-26-21)29(35)36/h5-6,8-9,13-16H,3-4,7,10-12H2,1-2H3,(H,37,38,39)/b27-19-. The van der Waals surface area contributed by atoms with Gasteiger partial charge in [-0.3, -0.25) is 39.2 Å². The van der Waals surface area contributed by atoms with E-state index in [0.29, 0.717) is 16.5 Å². The lowest BCUT2D eigenvalue weighted by Crippen LogP contribution is -2.18. The van der Waals surface area contributed by atoms with E-state index in [4.69, 9.17) is 14.0 Å². The minimum absolute atomic E-state index is 0.0868. The number of pyridine rings is 2. The zero-order valence-corrected chi connectivity index (χ0v) is 28.2. The van der Waals surface area contributed by atoms with Crippen LogP contribution in [0.3, 0.4) is 0 Å². The molecule has 2 atom stereocenters. The van der Waals surface area contributed by atoms with Gasteiger partial charge in [-0.25, -0.2) is 9.97 Å². The van der Waals surface area contributed by atoms with Crippen LogP contribution in [0.5, 0.6) is 0 Å². The molecule has 0 aliphatic heterocycles. The van der Waals surface area contributed by atoms with Crippen molar-refractivity contribution in [2.24, 2.45) is 4.40 Å². The highest BCUT2D eigenvalue weighted by Gasteiger charge is 2.19. The van der Waals surface area contributed by atoms with Crippen molar-refractivity contribution in [3.63, 3.8) is 0 Å². The molecular weight excluding hydrogens is 711 g/mol. The van der Waals surface area contributed by atoms with E-state index in [1.165, 1.54) is 67.4 Å². The molecule has 2 aromatic heterocycles. The Labute approximate surface area is 278 Å². The van der Waals surface area contributed by atoms with E-state index in [2.05, 4.69) is 14.4 Å². The molecule has 0 fully saturated rings. The van der Waals surface area contributed by atoms with Gasteiger partial charge in [-0.2, -0.15) is 8.42 Å². The van der Waals surface area contributed by atoms with Crippen molar-refractivity contribution < 1.29 is 46.7 Å². The number of nitro groups is 2. The Bertz CT molecular complexity index is 1530. The molecule has 0 bridgehead atoms. The second-order valence-electron chi connectivity index (χ2n) is 9.03. The molecule has 0 aliphatic rings. The van der Waals surface area contributed by atoms with Gasteiger partial charge in [0.1, 0.15) is 22.4 Å². The topological polar surface area (TPSA) is 248 Å². The molecule has 0 saturated carbocycles. The highest BCUT2D eigenvalue weighted by molar-refractivity contribution is 8.77. The summed E-state index contributed by atoms with van der Waals surface area (Å²) in [6.07, 6.45) is 1.42. The first-order valence-electron chi connectivity index (χ1n) is 13.0. The van der Waals surface area contributed by atoms with Crippen LogP contribution in [0.2, 0.25) is 0 Å². The Hall–Kier alpha value is -3.31. The lowest BCUT2D eigenvalue weighted by atomic mass is 10.2. The van der Waals surface area contributed by atoms with Crippen LogP contribution in [-0.2, 0) is 34.2 Å². The minimum atomic E-state index is -4.97. The fraction of sp³-hybridized carbons (Fsp3) is 0.417. The molecule has 1 N–H and O–H groups in total. The summed E-state index contributed by atoms with van der Waals surface area (Å²) in [6, 6.07) is 5.61. The fourth-order valence-electron chi connectivity index (χ4n) is 2.93. The van der Waals surface area contributed by atoms with E-state index in [1.807, 2.05) is 6.92 Å². The van der Waals surface area contributed by atoms with Gasteiger partial charge in [0.05, 0.1) is 16.3 Å². The fourth-order valence-corrected chi connectivity index (χ4v) is 7.45.